The normalized spacial score (nSPS) is 6.15. The second-order valence-electron chi connectivity index (χ2n) is 1.92. The Kier molecular flexibility index (Phi) is 19.4. The summed E-state index contributed by atoms with van der Waals surface area (Å²) in [6.07, 6.45) is 0. The third-order valence-corrected chi connectivity index (χ3v) is 1.11. The first-order valence-corrected chi connectivity index (χ1v) is 3.33. The molecule has 0 aliphatic carbocycles. The van der Waals surface area contributed by atoms with E-state index < -0.39 is 0 Å². The SMILES string of the molecule is O.O.[W+2].c1cc[cH-]c1.c1cc[cH-]c1. The Morgan fingerprint density at radius 3 is 0.846 bits per heavy atom. The van der Waals surface area contributed by atoms with Gasteiger partial charge >= 0.3 is 21.1 Å². The molecule has 13 heavy (non-hydrogen) atoms. The van der Waals surface area contributed by atoms with Crippen LogP contribution in [0.5, 0.6) is 0 Å². The predicted octanol–water partition coefficient (Wildman–Crippen LogP) is 1.16. The topological polar surface area (TPSA) is 63.0 Å². The summed E-state index contributed by atoms with van der Waals surface area (Å²) < 4.78 is 0. The van der Waals surface area contributed by atoms with Gasteiger partial charge < -0.3 is 11.0 Å². The van der Waals surface area contributed by atoms with Gasteiger partial charge in [0.05, 0.1) is 0 Å². The summed E-state index contributed by atoms with van der Waals surface area (Å²) in [5, 5.41) is 0. The molecule has 0 saturated heterocycles. The van der Waals surface area contributed by atoms with E-state index in [2.05, 4.69) is 0 Å². The Morgan fingerprint density at radius 2 is 0.769 bits per heavy atom. The largest absolute Gasteiger partial charge is 2.00 e. The molecule has 0 aliphatic heterocycles. The van der Waals surface area contributed by atoms with Crippen LogP contribution in [-0.4, -0.2) is 11.0 Å². The maximum atomic E-state index is 2.00. The first kappa shape index (κ1) is 18.2. The maximum absolute atomic E-state index is 2.00. The molecular formula is C10H14O2W. The van der Waals surface area contributed by atoms with Crippen molar-refractivity contribution in [2.24, 2.45) is 0 Å². The molecule has 2 aromatic carbocycles. The van der Waals surface area contributed by atoms with Crippen LogP contribution in [0.4, 0.5) is 0 Å². The molecule has 0 heterocycles. The molecule has 0 unspecified atom stereocenters. The van der Waals surface area contributed by atoms with Gasteiger partial charge in [0.1, 0.15) is 0 Å². The fourth-order valence-corrected chi connectivity index (χ4v) is 0.642. The van der Waals surface area contributed by atoms with Gasteiger partial charge in [-0.3, -0.25) is 0 Å². The van der Waals surface area contributed by atoms with E-state index in [1.165, 1.54) is 0 Å². The van der Waals surface area contributed by atoms with E-state index in [0.29, 0.717) is 0 Å². The molecule has 0 bridgehead atoms. The molecule has 2 nitrogen and oxygen atoms in total. The molecule has 2 rings (SSSR count). The minimum absolute atomic E-state index is 0. The van der Waals surface area contributed by atoms with Crippen LogP contribution in [0.25, 0.3) is 0 Å². The third-order valence-electron chi connectivity index (χ3n) is 1.11. The average Bonchev–Trinajstić information content (AvgIpc) is 2.67. The summed E-state index contributed by atoms with van der Waals surface area (Å²) in [5.74, 6) is 0. The van der Waals surface area contributed by atoms with Gasteiger partial charge in [-0.25, -0.2) is 24.3 Å². The fourth-order valence-electron chi connectivity index (χ4n) is 0.642. The van der Waals surface area contributed by atoms with Crippen molar-refractivity contribution in [1.82, 2.24) is 0 Å². The second-order valence-corrected chi connectivity index (χ2v) is 1.92. The summed E-state index contributed by atoms with van der Waals surface area (Å²) >= 11 is 0. The molecule has 0 aliphatic rings. The van der Waals surface area contributed by atoms with Crippen molar-refractivity contribution in [2.45, 2.75) is 0 Å². The summed E-state index contributed by atoms with van der Waals surface area (Å²) in [6.45, 7) is 0. The maximum Gasteiger partial charge on any atom is 2.00 e. The van der Waals surface area contributed by atoms with Crippen molar-refractivity contribution in [2.75, 3.05) is 0 Å². The standard InChI is InChI=1S/2C5H5.2H2O.W/c2*1-2-4-5-3-1;;;/h2*1-5H;2*1H2;/q2*-1;;;+2. The van der Waals surface area contributed by atoms with Gasteiger partial charge in [0, 0.05) is 0 Å². The van der Waals surface area contributed by atoms with Crippen LogP contribution in [0.15, 0.2) is 60.7 Å². The van der Waals surface area contributed by atoms with Crippen molar-refractivity contribution in [1.29, 1.82) is 0 Å². The Bertz CT molecular complexity index is 152. The summed E-state index contributed by atoms with van der Waals surface area (Å²) in [6, 6.07) is 20.0. The molecule has 0 saturated carbocycles. The van der Waals surface area contributed by atoms with Gasteiger partial charge in [-0.2, -0.15) is 36.4 Å². The quantitative estimate of drug-likeness (QED) is 0.641. The zero-order chi connectivity index (χ0) is 7.07. The zero-order valence-electron chi connectivity index (χ0n) is 7.18. The van der Waals surface area contributed by atoms with E-state index in [1.807, 2.05) is 60.7 Å². The average molecular weight is 350 g/mol. The first-order chi connectivity index (χ1) is 5.00. The van der Waals surface area contributed by atoms with Crippen molar-refractivity contribution in [3.05, 3.63) is 60.7 Å². The minimum atomic E-state index is 0. The van der Waals surface area contributed by atoms with Gasteiger partial charge in [0.15, 0.2) is 0 Å². The molecule has 3 heteroatoms. The van der Waals surface area contributed by atoms with E-state index in [4.69, 9.17) is 0 Å². The van der Waals surface area contributed by atoms with Gasteiger partial charge in [0.25, 0.3) is 0 Å². The van der Waals surface area contributed by atoms with Crippen LogP contribution >= 0.6 is 0 Å². The molecular weight excluding hydrogens is 336 g/mol. The van der Waals surface area contributed by atoms with Crippen molar-refractivity contribution in [3.63, 3.8) is 0 Å². The number of rotatable bonds is 0. The van der Waals surface area contributed by atoms with E-state index in [0.717, 1.165) is 0 Å². The van der Waals surface area contributed by atoms with E-state index in [9.17, 15) is 0 Å². The number of hydrogen-bond donors (Lipinski definition) is 0. The summed E-state index contributed by atoms with van der Waals surface area (Å²) in [5.41, 5.74) is 0. The van der Waals surface area contributed by atoms with Crippen LogP contribution in [0.3, 0.4) is 0 Å². The van der Waals surface area contributed by atoms with Crippen molar-refractivity contribution >= 4 is 0 Å². The zero-order valence-corrected chi connectivity index (χ0v) is 10.1. The molecule has 0 fully saturated rings. The van der Waals surface area contributed by atoms with Crippen LogP contribution in [0, 0.1) is 0 Å². The van der Waals surface area contributed by atoms with E-state index in [-0.39, 0.29) is 32.0 Å². The third kappa shape index (κ3) is 11.3. The molecule has 0 spiro atoms. The second kappa shape index (κ2) is 13.9. The van der Waals surface area contributed by atoms with Crippen molar-refractivity contribution in [3.8, 4) is 0 Å². The Balaban J connectivity index is -0.000000125. The van der Waals surface area contributed by atoms with Crippen LogP contribution in [0.2, 0.25) is 0 Å². The van der Waals surface area contributed by atoms with E-state index in [1.54, 1.807) is 0 Å². The van der Waals surface area contributed by atoms with E-state index >= 15 is 0 Å². The smallest absolute Gasteiger partial charge is 0.412 e. The van der Waals surface area contributed by atoms with Gasteiger partial charge in [0.2, 0.25) is 0 Å². The fraction of sp³-hybridized carbons (Fsp3) is 0. The van der Waals surface area contributed by atoms with Crippen LogP contribution < -0.4 is 0 Å². The summed E-state index contributed by atoms with van der Waals surface area (Å²) in [7, 11) is 0. The molecule has 0 amide bonds. The van der Waals surface area contributed by atoms with Crippen LogP contribution in [0.1, 0.15) is 0 Å². The Morgan fingerprint density at radius 1 is 0.538 bits per heavy atom. The Hall–Kier alpha value is -0.692. The first-order valence-electron chi connectivity index (χ1n) is 3.33. The predicted molar refractivity (Wildman–Crippen MR) is 51.3 cm³/mol. The summed E-state index contributed by atoms with van der Waals surface area (Å²) in [4.78, 5) is 0. The molecule has 4 N–H and O–H groups in total. The molecule has 0 aromatic heterocycles. The minimum Gasteiger partial charge on any atom is -0.412 e. The van der Waals surface area contributed by atoms with Crippen LogP contribution in [-0.2, 0) is 21.1 Å². The van der Waals surface area contributed by atoms with Gasteiger partial charge in [-0.1, -0.05) is 0 Å². The van der Waals surface area contributed by atoms with Gasteiger partial charge in [-0.05, 0) is 0 Å². The van der Waals surface area contributed by atoms with Gasteiger partial charge in [-0.15, -0.1) is 0 Å². The Labute approximate surface area is 92.8 Å². The molecule has 0 radical (unpaired) electrons. The number of hydrogen-bond acceptors (Lipinski definition) is 0. The monoisotopic (exact) mass is 350 g/mol. The molecule has 2 aromatic rings. The molecule has 0 atom stereocenters. The molecule has 72 valence electrons. The van der Waals surface area contributed by atoms with Crippen molar-refractivity contribution < 1.29 is 32.0 Å².